The van der Waals surface area contributed by atoms with Crippen LogP contribution in [0.3, 0.4) is 0 Å². The van der Waals surface area contributed by atoms with Crippen molar-refractivity contribution in [2.75, 3.05) is 48.6 Å². The minimum absolute atomic E-state index is 0.309. The van der Waals surface area contributed by atoms with Crippen molar-refractivity contribution in [1.82, 2.24) is 14.9 Å². The molecule has 0 saturated carbocycles. The fourth-order valence-electron chi connectivity index (χ4n) is 4.58. The van der Waals surface area contributed by atoms with E-state index in [1.54, 1.807) is 6.07 Å². The van der Waals surface area contributed by atoms with Gasteiger partial charge >= 0.3 is 0 Å². The molecular formula is C30H32Cl2N6OS. The number of hydrogen-bond donors (Lipinski definition) is 2. The van der Waals surface area contributed by atoms with Gasteiger partial charge in [0, 0.05) is 54.5 Å². The molecule has 0 spiro atoms. The number of anilines is 3. The smallest absolute Gasteiger partial charge is 0.237 e. The van der Waals surface area contributed by atoms with Crippen LogP contribution in [-0.4, -0.2) is 48.1 Å². The van der Waals surface area contributed by atoms with Crippen LogP contribution in [0, 0.1) is 0 Å². The minimum atomic E-state index is 0.309. The van der Waals surface area contributed by atoms with E-state index in [0.717, 1.165) is 48.0 Å². The summed E-state index contributed by atoms with van der Waals surface area (Å²) in [7, 11) is 2.12. The third-order valence-electron chi connectivity index (χ3n) is 6.74. The first-order chi connectivity index (χ1) is 19.3. The fraction of sp³-hybridized carbons (Fsp3) is 0.267. The highest BCUT2D eigenvalue weighted by molar-refractivity contribution is 8.00. The Morgan fingerprint density at radius 1 is 0.925 bits per heavy atom. The third-order valence-corrected chi connectivity index (χ3v) is 8.11. The summed E-state index contributed by atoms with van der Waals surface area (Å²) in [5, 5.41) is 1.05. The molecule has 1 fully saturated rings. The highest BCUT2D eigenvalue weighted by atomic mass is 35.5. The van der Waals surface area contributed by atoms with Gasteiger partial charge in [0.2, 0.25) is 11.8 Å². The molecule has 0 unspecified atom stereocenters. The molecule has 0 radical (unpaired) electrons. The highest BCUT2D eigenvalue weighted by Gasteiger charge is 2.20. The number of nitrogens with two attached hydrogens (primary N) is 1. The summed E-state index contributed by atoms with van der Waals surface area (Å²) < 4.78 is 9.50. The number of aromatic nitrogens is 2. The molecule has 3 N–H and O–H groups in total. The van der Waals surface area contributed by atoms with Gasteiger partial charge in [0.1, 0.15) is 5.75 Å². The maximum absolute atomic E-state index is 6.73. The molecule has 1 saturated heterocycles. The number of nitrogen functional groups attached to an aromatic ring is 1. The summed E-state index contributed by atoms with van der Waals surface area (Å²) in [6.07, 6.45) is 0. The van der Waals surface area contributed by atoms with Crippen LogP contribution < -0.4 is 20.1 Å². The average Bonchev–Trinajstić information content (AvgIpc) is 2.94. The molecule has 0 bridgehead atoms. The highest BCUT2D eigenvalue weighted by Crippen LogP contribution is 2.39. The molecule has 3 aromatic carbocycles. The predicted molar refractivity (Wildman–Crippen MR) is 168 cm³/mol. The zero-order valence-electron chi connectivity index (χ0n) is 22.7. The van der Waals surface area contributed by atoms with Crippen molar-refractivity contribution in [3.63, 3.8) is 0 Å². The van der Waals surface area contributed by atoms with Crippen LogP contribution in [0.25, 0.3) is 11.3 Å². The Morgan fingerprint density at radius 2 is 1.70 bits per heavy atom. The maximum atomic E-state index is 6.73. The standard InChI is InChI=1S/C30H32Cl2N6OS/c1-19(2)22-9-4-5-10-23(22)26-18-29(35-30(34-26)36-40-21-8-6-7-20(33)15-21)39-28-17-24(31)27(16-25(28)32)38-13-11-37(3)12-14-38/h4-10,15-19H,11-14,33H2,1-3H3,(H,34,35,36). The van der Waals surface area contributed by atoms with Crippen molar-refractivity contribution >= 4 is 52.5 Å². The Kier molecular flexibility index (Phi) is 8.90. The molecule has 1 aliphatic heterocycles. The van der Waals surface area contributed by atoms with Gasteiger partial charge in [-0.1, -0.05) is 67.4 Å². The molecule has 0 aliphatic carbocycles. The van der Waals surface area contributed by atoms with Gasteiger partial charge in [-0.3, -0.25) is 4.72 Å². The summed E-state index contributed by atoms with van der Waals surface area (Å²) in [6.45, 7) is 8.04. The van der Waals surface area contributed by atoms with Crippen molar-refractivity contribution in [3.8, 4) is 22.9 Å². The summed E-state index contributed by atoms with van der Waals surface area (Å²) in [4.78, 5) is 15.0. The summed E-state index contributed by atoms with van der Waals surface area (Å²) >= 11 is 14.8. The topological polar surface area (TPSA) is 79.5 Å². The van der Waals surface area contributed by atoms with Crippen LogP contribution >= 0.6 is 35.1 Å². The Bertz CT molecular complexity index is 1490. The molecule has 10 heteroatoms. The number of halogens is 2. The number of benzene rings is 3. The Labute approximate surface area is 249 Å². The van der Waals surface area contributed by atoms with Crippen molar-refractivity contribution < 1.29 is 4.74 Å². The van der Waals surface area contributed by atoms with E-state index in [9.17, 15) is 0 Å². The first-order valence-electron chi connectivity index (χ1n) is 13.1. The SMILES string of the molecule is CC(C)c1ccccc1-c1cc(Oc2cc(Cl)c(N3CCN(C)CC3)cc2Cl)nc(NSc2cccc(N)c2)n1. The van der Waals surface area contributed by atoms with E-state index in [1.165, 1.54) is 17.5 Å². The molecule has 7 nitrogen and oxygen atoms in total. The van der Waals surface area contributed by atoms with Gasteiger partial charge in [-0.15, -0.1) is 0 Å². The number of piperazine rings is 1. The minimum Gasteiger partial charge on any atom is -0.437 e. The first-order valence-corrected chi connectivity index (χ1v) is 14.7. The van der Waals surface area contributed by atoms with Gasteiger partial charge in [-0.05, 0) is 54.7 Å². The van der Waals surface area contributed by atoms with Gasteiger partial charge in [-0.25, -0.2) is 4.98 Å². The van der Waals surface area contributed by atoms with Gasteiger partial charge in [0.25, 0.3) is 0 Å². The van der Waals surface area contributed by atoms with Crippen molar-refractivity contribution in [2.24, 2.45) is 0 Å². The molecule has 1 aromatic heterocycles. The lowest BCUT2D eigenvalue weighted by atomic mass is 9.95. The molecule has 1 aliphatic rings. The van der Waals surface area contributed by atoms with E-state index in [2.05, 4.69) is 52.5 Å². The van der Waals surface area contributed by atoms with Gasteiger partial charge in [0.15, 0.2) is 0 Å². The van der Waals surface area contributed by atoms with E-state index in [4.69, 9.17) is 38.7 Å². The second-order valence-corrected chi connectivity index (χ2v) is 11.8. The van der Waals surface area contributed by atoms with Crippen LogP contribution in [0.2, 0.25) is 10.0 Å². The number of likely N-dealkylation sites (N-methyl/N-ethyl adjacent to an activating group) is 1. The van der Waals surface area contributed by atoms with Crippen LogP contribution in [0.1, 0.15) is 25.3 Å². The molecule has 4 aromatic rings. The lowest BCUT2D eigenvalue weighted by Gasteiger charge is -2.34. The number of nitrogens with zero attached hydrogens (tertiary/aromatic N) is 4. The molecule has 0 amide bonds. The van der Waals surface area contributed by atoms with E-state index in [0.29, 0.717) is 39.2 Å². The maximum Gasteiger partial charge on any atom is 0.237 e. The predicted octanol–water partition coefficient (Wildman–Crippen LogP) is 7.82. The van der Waals surface area contributed by atoms with Gasteiger partial charge in [-0.2, -0.15) is 4.98 Å². The molecule has 5 rings (SSSR count). The molecule has 40 heavy (non-hydrogen) atoms. The van der Waals surface area contributed by atoms with Gasteiger partial charge in [0.05, 0.1) is 21.4 Å². The van der Waals surface area contributed by atoms with Crippen LogP contribution in [0.4, 0.5) is 17.3 Å². The second-order valence-electron chi connectivity index (χ2n) is 10.1. The molecule has 0 atom stereocenters. The molecular weight excluding hydrogens is 563 g/mol. The molecule has 2 heterocycles. The summed E-state index contributed by atoms with van der Waals surface area (Å²) in [5.74, 6) is 1.49. The Morgan fingerprint density at radius 3 is 2.45 bits per heavy atom. The third kappa shape index (κ3) is 6.75. The first kappa shape index (κ1) is 28.4. The quantitative estimate of drug-likeness (QED) is 0.158. The number of nitrogens with one attached hydrogen (secondary N) is 1. The lowest BCUT2D eigenvalue weighted by Crippen LogP contribution is -2.44. The lowest BCUT2D eigenvalue weighted by molar-refractivity contribution is 0.313. The van der Waals surface area contributed by atoms with Crippen LogP contribution in [0.15, 0.2) is 71.6 Å². The van der Waals surface area contributed by atoms with Crippen LogP contribution in [0.5, 0.6) is 11.6 Å². The van der Waals surface area contributed by atoms with E-state index in [1.807, 2.05) is 48.5 Å². The van der Waals surface area contributed by atoms with Gasteiger partial charge < -0.3 is 20.3 Å². The number of ether oxygens (including phenoxy) is 1. The van der Waals surface area contributed by atoms with E-state index >= 15 is 0 Å². The average molecular weight is 596 g/mol. The second kappa shape index (κ2) is 12.6. The Balaban J connectivity index is 1.47. The summed E-state index contributed by atoms with van der Waals surface area (Å²) in [6, 6.07) is 21.3. The number of rotatable bonds is 8. The Hall–Kier alpha value is -3.17. The summed E-state index contributed by atoms with van der Waals surface area (Å²) in [5.41, 5.74) is 10.5. The fourth-order valence-corrected chi connectivity index (χ4v) is 5.69. The zero-order valence-corrected chi connectivity index (χ0v) is 25.0. The monoisotopic (exact) mass is 594 g/mol. The van der Waals surface area contributed by atoms with E-state index < -0.39 is 0 Å². The van der Waals surface area contributed by atoms with Crippen molar-refractivity contribution in [3.05, 3.63) is 82.3 Å². The van der Waals surface area contributed by atoms with Crippen LogP contribution in [-0.2, 0) is 0 Å². The van der Waals surface area contributed by atoms with Crippen molar-refractivity contribution in [2.45, 2.75) is 24.7 Å². The van der Waals surface area contributed by atoms with Crippen molar-refractivity contribution in [1.29, 1.82) is 0 Å². The normalized spacial score (nSPS) is 14.0. The molecule has 208 valence electrons. The number of hydrogen-bond acceptors (Lipinski definition) is 8. The van der Waals surface area contributed by atoms with E-state index in [-0.39, 0.29) is 0 Å². The largest absolute Gasteiger partial charge is 0.437 e. The zero-order chi connectivity index (χ0) is 28.2.